The average Bonchev–Trinajstić information content (AvgIpc) is 2.10. The molecule has 0 aromatic carbocycles. The first kappa shape index (κ1) is 15.9. The van der Waals surface area contributed by atoms with E-state index in [0.29, 0.717) is 0 Å². The normalized spacial score (nSPS) is 13.4. The fraction of sp³-hybridized carbons (Fsp3) is 0.833. The molecule has 0 aromatic rings. The molecule has 0 aromatic heterocycles. The SMILES string of the molecule is CC(C)OC(=O)CCC(N)C(=O)OC(C)(C)C. The summed E-state index contributed by atoms with van der Waals surface area (Å²) in [6, 6.07) is -0.783. The molecular weight excluding hydrogens is 222 g/mol. The Hall–Kier alpha value is -1.10. The molecule has 0 amide bonds. The molecule has 0 saturated carbocycles. The number of hydrogen-bond donors (Lipinski definition) is 1. The maximum absolute atomic E-state index is 11.5. The minimum absolute atomic E-state index is 0.124. The van der Waals surface area contributed by atoms with Crippen LogP contribution >= 0.6 is 0 Å². The van der Waals surface area contributed by atoms with Gasteiger partial charge in [-0.15, -0.1) is 0 Å². The highest BCUT2D eigenvalue weighted by Gasteiger charge is 2.22. The van der Waals surface area contributed by atoms with Crippen molar-refractivity contribution in [2.45, 2.75) is 65.2 Å². The summed E-state index contributed by atoms with van der Waals surface area (Å²) in [6.45, 7) is 8.84. The zero-order chi connectivity index (χ0) is 13.6. The van der Waals surface area contributed by atoms with Gasteiger partial charge in [0, 0.05) is 6.42 Å². The van der Waals surface area contributed by atoms with Crippen LogP contribution in [-0.4, -0.2) is 29.7 Å². The first-order valence-corrected chi connectivity index (χ1v) is 5.79. The third kappa shape index (κ3) is 8.68. The lowest BCUT2D eigenvalue weighted by atomic mass is 10.1. The number of carbonyl (C=O) groups is 2. The minimum Gasteiger partial charge on any atom is -0.463 e. The van der Waals surface area contributed by atoms with Crippen molar-refractivity contribution >= 4 is 11.9 Å². The van der Waals surface area contributed by atoms with Gasteiger partial charge in [-0.1, -0.05) is 0 Å². The molecule has 1 unspecified atom stereocenters. The molecule has 5 heteroatoms. The Bertz CT molecular complexity index is 268. The predicted octanol–water partition coefficient (Wildman–Crippen LogP) is 1.39. The molecule has 0 fully saturated rings. The van der Waals surface area contributed by atoms with Crippen LogP contribution in [0.15, 0.2) is 0 Å². The molecule has 2 N–H and O–H groups in total. The van der Waals surface area contributed by atoms with Crippen molar-refractivity contribution in [3.63, 3.8) is 0 Å². The van der Waals surface area contributed by atoms with E-state index in [1.54, 1.807) is 34.6 Å². The van der Waals surface area contributed by atoms with Gasteiger partial charge in [-0.2, -0.15) is 0 Å². The number of rotatable bonds is 5. The maximum atomic E-state index is 11.5. The maximum Gasteiger partial charge on any atom is 0.323 e. The van der Waals surface area contributed by atoms with E-state index in [-0.39, 0.29) is 24.9 Å². The fourth-order valence-corrected chi connectivity index (χ4v) is 1.09. The minimum atomic E-state index is -0.783. The molecule has 0 aliphatic carbocycles. The monoisotopic (exact) mass is 245 g/mol. The largest absolute Gasteiger partial charge is 0.463 e. The lowest BCUT2D eigenvalue weighted by Crippen LogP contribution is -2.37. The third-order valence-corrected chi connectivity index (χ3v) is 1.74. The van der Waals surface area contributed by atoms with Gasteiger partial charge in [0.05, 0.1) is 6.10 Å². The van der Waals surface area contributed by atoms with E-state index < -0.39 is 17.6 Å². The molecule has 0 rings (SSSR count). The molecule has 0 heterocycles. The molecule has 0 aliphatic rings. The third-order valence-electron chi connectivity index (χ3n) is 1.74. The smallest absolute Gasteiger partial charge is 0.323 e. The number of esters is 2. The van der Waals surface area contributed by atoms with Crippen molar-refractivity contribution in [1.82, 2.24) is 0 Å². The van der Waals surface area contributed by atoms with E-state index in [1.165, 1.54) is 0 Å². The molecule has 17 heavy (non-hydrogen) atoms. The number of nitrogens with two attached hydrogens (primary N) is 1. The first-order valence-electron chi connectivity index (χ1n) is 5.79. The van der Waals surface area contributed by atoms with Gasteiger partial charge in [-0.3, -0.25) is 9.59 Å². The summed E-state index contributed by atoms with van der Waals surface area (Å²) in [7, 11) is 0. The molecule has 0 saturated heterocycles. The van der Waals surface area contributed by atoms with Gasteiger partial charge >= 0.3 is 11.9 Å². The van der Waals surface area contributed by atoms with Gasteiger partial charge in [0.2, 0.25) is 0 Å². The number of carbonyl (C=O) groups excluding carboxylic acids is 2. The Balaban J connectivity index is 3.98. The summed E-state index contributed by atoms with van der Waals surface area (Å²) < 4.78 is 10.0. The molecule has 100 valence electrons. The summed E-state index contributed by atoms with van der Waals surface area (Å²) in [5.41, 5.74) is 5.06. The van der Waals surface area contributed by atoms with E-state index in [9.17, 15) is 9.59 Å². The summed E-state index contributed by atoms with van der Waals surface area (Å²) in [5, 5.41) is 0. The highest BCUT2D eigenvalue weighted by atomic mass is 16.6. The van der Waals surface area contributed by atoms with Crippen LogP contribution in [0.1, 0.15) is 47.5 Å². The summed E-state index contributed by atoms with van der Waals surface area (Å²) in [6.07, 6.45) is 0.208. The molecule has 0 bridgehead atoms. The Labute approximate surface area is 103 Å². The summed E-state index contributed by atoms with van der Waals surface area (Å²) in [5.74, 6) is -0.839. The lowest BCUT2D eigenvalue weighted by Gasteiger charge is -2.22. The van der Waals surface area contributed by atoms with Gasteiger partial charge in [-0.05, 0) is 41.0 Å². The van der Waals surface area contributed by atoms with Crippen LogP contribution in [0.25, 0.3) is 0 Å². The summed E-state index contributed by atoms with van der Waals surface area (Å²) >= 11 is 0. The van der Waals surface area contributed by atoms with Crippen molar-refractivity contribution in [2.75, 3.05) is 0 Å². The highest BCUT2D eigenvalue weighted by Crippen LogP contribution is 2.10. The van der Waals surface area contributed by atoms with Gasteiger partial charge in [-0.25, -0.2) is 0 Å². The first-order chi connectivity index (χ1) is 7.61. The van der Waals surface area contributed by atoms with E-state index in [0.717, 1.165) is 0 Å². The standard InChI is InChI=1S/C12H23NO4/c1-8(2)16-10(14)7-6-9(13)11(15)17-12(3,4)5/h8-9H,6-7,13H2,1-5H3. The number of ether oxygens (including phenoxy) is 2. The average molecular weight is 245 g/mol. The zero-order valence-corrected chi connectivity index (χ0v) is 11.3. The number of hydrogen-bond acceptors (Lipinski definition) is 5. The van der Waals surface area contributed by atoms with Gasteiger partial charge in [0.15, 0.2) is 0 Å². The van der Waals surface area contributed by atoms with E-state index in [4.69, 9.17) is 15.2 Å². The van der Waals surface area contributed by atoms with Crippen molar-refractivity contribution in [3.8, 4) is 0 Å². The molecule has 0 aliphatic heterocycles. The van der Waals surface area contributed by atoms with Crippen LogP contribution in [0.2, 0.25) is 0 Å². The van der Waals surface area contributed by atoms with E-state index >= 15 is 0 Å². The molecule has 0 radical (unpaired) electrons. The second kappa shape index (κ2) is 6.59. The Morgan fingerprint density at radius 1 is 1.24 bits per heavy atom. The van der Waals surface area contributed by atoms with Gasteiger partial charge in [0.1, 0.15) is 11.6 Å². The van der Waals surface area contributed by atoms with Crippen molar-refractivity contribution in [1.29, 1.82) is 0 Å². The van der Waals surface area contributed by atoms with E-state index in [1.807, 2.05) is 0 Å². The molecule has 0 spiro atoms. The Kier molecular flexibility index (Phi) is 6.16. The van der Waals surface area contributed by atoms with Crippen LogP contribution in [0.4, 0.5) is 0 Å². The van der Waals surface area contributed by atoms with Crippen LogP contribution in [0, 0.1) is 0 Å². The molecular formula is C12H23NO4. The summed E-state index contributed by atoms with van der Waals surface area (Å²) in [4.78, 5) is 22.7. The molecule has 1 atom stereocenters. The topological polar surface area (TPSA) is 78.6 Å². The van der Waals surface area contributed by atoms with Crippen LogP contribution < -0.4 is 5.73 Å². The second-order valence-corrected chi connectivity index (χ2v) is 5.22. The lowest BCUT2D eigenvalue weighted by molar-refractivity contribution is -0.157. The fourth-order valence-electron chi connectivity index (χ4n) is 1.09. The predicted molar refractivity (Wildman–Crippen MR) is 64.3 cm³/mol. The van der Waals surface area contributed by atoms with Crippen LogP contribution in [-0.2, 0) is 19.1 Å². The molecule has 5 nitrogen and oxygen atoms in total. The Morgan fingerprint density at radius 2 is 1.76 bits per heavy atom. The van der Waals surface area contributed by atoms with E-state index in [2.05, 4.69) is 0 Å². The highest BCUT2D eigenvalue weighted by molar-refractivity contribution is 5.77. The van der Waals surface area contributed by atoms with Crippen molar-refractivity contribution < 1.29 is 19.1 Å². The zero-order valence-electron chi connectivity index (χ0n) is 11.3. The Morgan fingerprint density at radius 3 is 2.18 bits per heavy atom. The second-order valence-electron chi connectivity index (χ2n) is 5.22. The van der Waals surface area contributed by atoms with Crippen molar-refractivity contribution in [3.05, 3.63) is 0 Å². The van der Waals surface area contributed by atoms with Gasteiger partial charge in [0.25, 0.3) is 0 Å². The van der Waals surface area contributed by atoms with Crippen molar-refractivity contribution in [2.24, 2.45) is 5.73 Å². The quantitative estimate of drug-likeness (QED) is 0.740. The van der Waals surface area contributed by atoms with Crippen LogP contribution in [0.5, 0.6) is 0 Å². The van der Waals surface area contributed by atoms with Gasteiger partial charge < -0.3 is 15.2 Å². The van der Waals surface area contributed by atoms with Crippen LogP contribution in [0.3, 0.4) is 0 Å².